The van der Waals surface area contributed by atoms with Crippen LogP contribution in [-0.4, -0.2) is 35.8 Å². The van der Waals surface area contributed by atoms with Crippen LogP contribution >= 0.6 is 0 Å². The average Bonchev–Trinajstić information content (AvgIpc) is 2.67. The van der Waals surface area contributed by atoms with Gasteiger partial charge in [0.15, 0.2) is 5.78 Å². The minimum Gasteiger partial charge on any atom is -0.386 e. The van der Waals surface area contributed by atoms with Gasteiger partial charge in [-0.3, -0.25) is 14.4 Å². The molecule has 0 aromatic heterocycles. The van der Waals surface area contributed by atoms with E-state index in [2.05, 4.69) is 10.6 Å². The van der Waals surface area contributed by atoms with Gasteiger partial charge in [0.1, 0.15) is 0 Å². The summed E-state index contributed by atoms with van der Waals surface area (Å²) in [6, 6.07) is 10.8. The lowest BCUT2D eigenvalue weighted by atomic mass is 9.91. The Kier molecular flexibility index (Phi) is 5.84. The maximum atomic E-state index is 11.5. The van der Waals surface area contributed by atoms with Gasteiger partial charge in [-0.1, -0.05) is 18.2 Å². The van der Waals surface area contributed by atoms with Crippen LogP contribution in [0.15, 0.2) is 36.4 Å². The zero-order valence-corrected chi connectivity index (χ0v) is 17.0. The van der Waals surface area contributed by atoms with Crippen LogP contribution in [0, 0.1) is 0 Å². The molecule has 0 saturated carbocycles. The number of carbonyl (C=O) groups is 3. The van der Waals surface area contributed by atoms with Crippen molar-refractivity contribution in [1.29, 1.82) is 0 Å². The van der Waals surface area contributed by atoms with Crippen molar-refractivity contribution in [3.8, 4) is 0 Å². The number of benzene rings is 2. The van der Waals surface area contributed by atoms with Crippen LogP contribution in [0.1, 0.15) is 68.5 Å². The first-order valence-corrected chi connectivity index (χ1v) is 9.73. The van der Waals surface area contributed by atoms with Crippen LogP contribution in [0.5, 0.6) is 0 Å². The van der Waals surface area contributed by atoms with Crippen LogP contribution in [0.4, 0.5) is 0 Å². The van der Waals surface area contributed by atoms with E-state index < -0.39 is 5.60 Å². The minimum atomic E-state index is -0.844. The molecular formula is C23H26N2O4. The molecular weight excluding hydrogens is 368 g/mol. The van der Waals surface area contributed by atoms with Gasteiger partial charge in [0.05, 0.1) is 5.60 Å². The molecule has 0 unspecified atom stereocenters. The van der Waals surface area contributed by atoms with Crippen LogP contribution in [0.2, 0.25) is 0 Å². The van der Waals surface area contributed by atoms with Crippen molar-refractivity contribution in [2.45, 2.75) is 39.2 Å². The Hall–Kier alpha value is -2.99. The summed E-state index contributed by atoms with van der Waals surface area (Å²) in [6.45, 7) is 6.37. The minimum absolute atomic E-state index is 0.0152. The predicted octanol–water partition coefficient (Wildman–Crippen LogP) is 2.38. The van der Waals surface area contributed by atoms with Gasteiger partial charge in [0, 0.05) is 29.8 Å². The Morgan fingerprint density at radius 1 is 0.897 bits per heavy atom. The molecule has 2 aromatic carbocycles. The summed E-state index contributed by atoms with van der Waals surface area (Å²) in [5, 5.41) is 15.4. The number of aliphatic hydroxyl groups is 1. The van der Waals surface area contributed by atoms with E-state index in [9.17, 15) is 19.5 Å². The molecule has 2 aliphatic heterocycles. The maximum absolute atomic E-state index is 11.5. The number of Topliss-reactive ketones (excluding diaryl/α,β-unsaturated/α-hetero) is 1. The summed E-state index contributed by atoms with van der Waals surface area (Å²) in [6.07, 6.45) is 1.65. The molecule has 6 heteroatoms. The molecule has 0 spiro atoms. The van der Waals surface area contributed by atoms with Gasteiger partial charge < -0.3 is 15.7 Å². The Balaban J connectivity index is 0.000000166. The zero-order chi connectivity index (χ0) is 21.2. The fourth-order valence-electron chi connectivity index (χ4n) is 3.46. The van der Waals surface area contributed by atoms with E-state index in [0.717, 1.165) is 35.1 Å². The van der Waals surface area contributed by atoms with E-state index in [0.29, 0.717) is 24.2 Å². The van der Waals surface area contributed by atoms with Gasteiger partial charge in [0.2, 0.25) is 0 Å². The lowest BCUT2D eigenvalue weighted by Crippen LogP contribution is -2.32. The van der Waals surface area contributed by atoms with Gasteiger partial charge in [-0.15, -0.1) is 0 Å². The zero-order valence-electron chi connectivity index (χ0n) is 17.0. The number of hydrogen-bond donors (Lipinski definition) is 3. The lowest BCUT2D eigenvalue weighted by Gasteiger charge is -2.22. The second-order valence-corrected chi connectivity index (χ2v) is 7.87. The smallest absolute Gasteiger partial charge is 0.251 e. The largest absolute Gasteiger partial charge is 0.386 e. The third-order valence-corrected chi connectivity index (χ3v) is 5.17. The van der Waals surface area contributed by atoms with Crippen LogP contribution < -0.4 is 10.6 Å². The molecule has 2 aliphatic rings. The normalized spacial score (nSPS) is 15.2. The summed E-state index contributed by atoms with van der Waals surface area (Å²) in [4.78, 5) is 34.0. The monoisotopic (exact) mass is 394 g/mol. The Bertz CT molecular complexity index is 973. The van der Waals surface area contributed by atoms with Crippen LogP contribution in [0.25, 0.3) is 0 Å². The predicted molar refractivity (Wildman–Crippen MR) is 110 cm³/mol. The van der Waals surface area contributed by atoms with Crippen molar-refractivity contribution in [2.75, 3.05) is 13.1 Å². The third kappa shape index (κ3) is 4.71. The first-order chi connectivity index (χ1) is 13.7. The van der Waals surface area contributed by atoms with Gasteiger partial charge in [-0.25, -0.2) is 0 Å². The van der Waals surface area contributed by atoms with E-state index in [1.54, 1.807) is 32.0 Å². The molecule has 0 atom stereocenters. The van der Waals surface area contributed by atoms with Crippen molar-refractivity contribution in [2.24, 2.45) is 0 Å². The highest BCUT2D eigenvalue weighted by Crippen LogP contribution is 2.24. The van der Waals surface area contributed by atoms with Crippen molar-refractivity contribution in [1.82, 2.24) is 10.6 Å². The molecule has 3 N–H and O–H groups in total. The fourth-order valence-corrected chi connectivity index (χ4v) is 3.46. The molecule has 0 aliphatic carbocycles. The first-order valence-electron chi connectivity index (χ1n) is 9.73. The molecule has 29 heavy (non-hydrogen) atoms. The molecule has 0 radical (unpaired) electrons. The molecule has 6 nitrogen and oxygen atoms in total. The fraction of sp³-hybridized carbons (Fsp3) is 0.348. The summed E-state index contributed by atoms with van der Waals surface area (Å²) < 4.78 is 0. The third-order valence-electron chi connectivity index (χ3n) is 5.17. The highest BCUT2D eigenvalue weighted by molar-refractivity contribution is 5.99. The van der Waals surface area contributed by atoms with Gasteiger partial charge in [0.25, 0.3) is 11.8 Å². The van der Waals surface area contributed by atoms with Crippen LogP contribution in [-0.2, 0) is 18.4 Å². The van der Waals surface area contributed by atoms with E-state index in [1.807, 2.05) is 18.2 Å². The summed E-state index contributed by atoms with van der Waals surface area (Å²) in [5.74, 6) is -0.0151. The Morgan fingerprint density at radius 3 is 1.93 bits per heavy atom. The van der Waals surface area contributed by atoms with Crippen molar-refractivity contribution >= 4 is 17.6 Å². The maximum Gasteiger partial charge on any atom is 0.251 e. The van der Waals surface area contributed by atoms with Crippen LogP contribution in [0.3, 0.4) is 0 Å². The summed E-state index contributed by atoms with van der Waals surface area (Å²) in [7, 11) is 0. The molecule has 2 heterocycles. The first kappa shape index (κ1) is 20.7. The molecule has 0 fully saturated rings. The van der Waals surface area contributed by atoms with E-state index >= 15 is 0 Å². The summed E-state index contributed by atoms with van der Waals surface area (Å²) >= 11 is 0. The van der Waals surface area contributed by atoms with E-state index in [-0.39, 0.29) is 17.6 Å². The topological polar surface area (TPSA) is 95.5 Å². The van der Waals surface area contributed by atoms with E-state index in [1.165, 1.54) is 6.92 Å². The lowest BCUT2D eigenvalue weighted by molar-refractivity contribution is 0.0782. The number of fused-ring (bicyclic) bond motifs is 2. The molecule has 0 saturated heterocycles. The molecule has 0 bridgehead atoms. The molecule has 2 aromatic rings. The number of nitrogens with one attached hydrogen (secondary N) is 2. The summed E-state index contributed by atoms with van der Waals surface area (Å²) in [5.41, 5.74) is 4.12. The highest BCUT2D eigenvalue weighted by atomic mass is 16.3. The van der Waals surface area contributed by atoms with Crippen molar-refractivity contribution < 1.29 is 19.5 Å². The average molecular weight is 394 g/mol. The van der Waals surface area contributed by atoms with Gasteiger partial charge in [-0.2, -0.15) is 0 Å². The van der Waals surface area contributed by atoms with E-state index in [4.69, 9.17) is 0 Å². The standard InChI is InChI=1S/C12H15NO2.C11H11NO2/c1-12(2,15)9-3-4-10-8(7-9)5-6-13-11(10)14;1-7(13)8-2-3-10-9(6-8)4-5-12-11(10)14/h3-4,7,15H,5-6H2,1-2H3,(H,13,14);2-3,6H,4-5H2,1H3,(H,12,14). The number of amides is 2. The number of carbonyl (C=O) groups excluding carboxylic acids is 3. The Labute approximate surface area is 170 Å². The molecule has 152 valence electrons. The SMILES string of the molecule is CC(=O)c1ccc2c(c1)CCNC2=O.CC(C)(O)c1ccc2c(c1)CCNC2=O. The number of hydrogen-bond acceptors (Lipinski definition) is 4. The highest BCUT2D eigenvalue weighted by Gasteiger charge is 2.21. The number of rotatable bonds is 2. The van der Waals surface area contributed by atoms with Crippen molar-refractivity contribution in [3.63, 3.8) is 0 Å². The Morgan fingerprint density at radius 2 is 1.41 bits per heavy atom. The van der Waals surface area contributed by atoms with Crippen molar-refractivity contribution in [3.05, 3.63) is 69.8 Å². The van der Waals surface area contributed by atoms with Gasteiger partial charge >= 0.3 is 0 Å². The second-order valence-electron chi connectivity index (χ2n) is 7.87. The second kappa shape index (κ2) is 8.17. The van der Waals surface area contributed by atoms with Gasteiger partial charge in [-0.05, 0) is 68.5 Å². The number of ketones is 1. The quantitative estimate of drug-likeness (QED) is 0.682. The molecule has 4 rings (SSSR count). The molecule has 2 amide bonds.